The summed E-state index contributed by atoms with van der Waals surface area (Å²) in [6.07, 6.45) is 1.32. The van der Waals surface area contributed by atoms with Crippen molar-refractivity contribution in [2.45, 2.75) is 13.0 Å². The average molecular weight is 440 g/mol. The number of azo groups is 1. The van der Waals surface area contributed by atoms with E-state index in [1.807, 2.05) is 6.07 Å². The summed E-state index contributed by atoms with van der Waals surface area (Å²) in [7, 11) is 0. The van der Waals surface area contributed by atoms with Crippen LogP contribution in [0.4, 0.5) is 5.69 Å². The van der Waals surface area contributed by atoms with Crippen LogP contribution in [0.2, 0.25) is 0 Å². The lowest BCUT2D eigenvalue weighted by molar-refractivity contribution is -0.121. The number of nitrogens with one attached hydrogen (secondary N) is 1. The summed E-state index contributed by atoms with van der Waals surface area (Å²) in [5, 5.41) is 18.7. The lowest BCUT2D eigenvalue weighted by Gasteiger charge is -2.11. The van der Waals surface area contributed by atoms with Gasteiger partial charge in [0.1, 0.15) is 6.04 Å². The van der Waals surface area contributed by atoms with Gasteiger partial charge >= 0.3 is 0 Å². The van der Waals surface area contributed by atoms with Crippen molar-refractivity contribution in [3.63, 3.8) is 0 Å². The van der Waals surface area contributed by atoms with E-state index in [-0.39, 0.29) is 17.1 Å². The van der Waals surface area contributed by atoms with Crippen molar-refractivity contribution in [1.29, 1.82) is 0 Å². The SMILES string of the molecule is C[C@H](C(=O)N=Nc1c(O)[nH]c2ccc(Br)cc12)n1cnc2ccccc2c1=O. The number of nitrogens with zero attached hydrogens (tertiary/aromatic N) is 4. The van der Waals surface area contributed by atoms with E-state index in [1.165, 1.54) is 10.9 Å². The van der Waals surface area contributed by atoms with Gasteiger partial charge in [0.15, 0.2) is 5.69 Å². The Balaban J connectivity index is 1.67. The summed E-state index contributed by atoms with van der Waals surface area (Å²) in [5.41, 5.74) is 1.03. The van der Waals surface area contributed by atoms with Crippen molar-refractivity contribution >= 4 is 49.3 Å². The molecule has 0 unspecified atom stereocenters. The summed E-state index contributed by atoms with van der Waals surface area (Å²) < 4.78 is 2.01. The smallest absolute Gasteiger partial charge is 0.287 e. The number of halogens is 1. The highest BCUT2D eigenvalue weighted by Crippen LogP contribution is 2.36. The minimum Gasteiger partial charge on any atom is -0.493 e. The fourth-order valence-corrected chi connectivity index (χ4v) is 3.26. The Labute approximate surface area is 166 Å². The molecule has 2 aromatic heterocycles. The molecule has 28 heavy (non-hydrogen) atoms. The number of aromatic nitrogens is 3. The minimum absolute atomic E-state index is 0.154. The topological polar surface area (TPSA) is 113 Å². The maximum atomic E-state index is 12.6. The van der Waals surface area contributed by atoms with E-state index >= 15 is 0 Å². The van der Waals surface area contributed by atoms with Gasteiger partial charge in [-0.05, 0) is 37.3 Å². The minimum atomic E-state index is -0.896. The molecule has 4 aromatic rings. The first-order valence-electron chi connectivity index (χ1n) is 8.37. The van der Waals surface area contributed by atoms with Crippen LogP contribution in [0.3, 0.4) is 0 Å². The Bertz CT molecular complexity index is 1310. The maximum Gasteiger partial charge on any atom is 0.287 e. The number of aromatic hydroxyl groups is 1. The van der Waals surface area contributed by atoms with Gasteiger partial charge in [0.2, 0.25) is 5.88 Å². The summed E-state index contributed by atoms with van der Waals surface area (Å²) in [5.74, 6) is -0.829. The van der Waals surface area contributed by atoms with Gasteiger partial charge in [-0.25, -0.2) is 4.98 Å². The second-order valence-electron chi connectivity index (χ2n) is 6.20. The van der Waals surface area contributed by atoms with Crippen LogP contribution in [0, 0.1) is 0 Å². The Hall–Kier alpha value is -3.33. The van der Waals surface area contributed by atoms with Gasteiger partial charge in [0.25, 0.3) is 11.5 Å². The van der Waals surface area contributed by atoms with Crippen LogP contribution in [0.5, 0.6) is 5.88 Å². The summed E-state index contributed by atoms with van der Waals surface area (Å²) in [4.78, 5) is 32.1. The molecule has 1 atom stereocenters. The predicted molar refractivity (Wildman–Crippen MR) is 108 cm³/mol. The van der Waals surface area contributed by atoms with Crippen molar-refractivity contribution in [3.8, 4) is 5.88 Å². The quantitative estimate of drug-likeness (QED) is 0.465. The number of aromatic amines is 1. The lowest BCUT2D eigenvalue weighted by Crippen LogP contribution is -2.27. The molecule has 0 aliphatic carbocycles. The molecule has 1 amide bonds. The summed E-state index contributed by atoms with van der Waals surface area (Å²) >= 11 is 3.36. The van der Waals surface area contributed by atoms with Crippen LogP contribution in [0.15, 0.2) is 68.3 Å². The number of carbonyl (C=O) groups is 1. The van der Waals surface area contributed by atoms with Crippen LogP contribution in [0.25, 0.3) is 21.8 Å². The fraction of sp³-hybridized carbons (Fsp3) is 0.105. The molecule has 0 saturated heterocycles. The first-order chi connectivity index (χ1) is 13.5. The molecule has 0 saturated carbocycles. The molecule has 0 aliphatic rings. The fourth-order valence-electron chi connectivity index (χ4n) is 2.90. The van der Waals surface area contributed by atoms with Crippen LogP contribution in [-0.2, 0) is 4.79 Å². The zero-order valence-corrected chi connectivity index (χ0v) is 16.2. The number of H-pyrrole nitrogens is 1. The van der Waals surface area contributed by atoms with Crippen LogP contribution in [-0.4, -0.2) is 25.5 Å². The largest absolute Gasteiger partial charge is 0.493 e. The third-order valence-corrected chi connectivity index (χ3v) is 4.92. The summed E-state index contributed by atoms with van der Waals surface area (Å²) in [6, 6.07) is 11.3. The van der Waals surface area contributed by atoms with E-state index < -0.39 is 11.9 Å². The van der Waals surface area contributed by atoms with Gasteiger partial charge < -0.3 is 10.1 Å². The number of fused-ring (bicyclic) bond motifs is 2. The van der Waals surface area contributed by atoms with Gasteiger partial charge in [0.05, 0.1) is 22.7 Å². The van der Waals surface area contributed by atoms with Crippen molar-refractivity contribution < 1.29 is 9.90 Å². The molecule has 140 valence electrons. The number of rotatable bonds is 3. The zero-order valence-electron chi connectivity index (χ0n) is 14.6. The number of amides is 1. The molecular formula is C19H14BrN5O3. The van der Waals surface area contributed by atoms with E-state index in [4.69, 9.17) is 0 Å². The molecule has 2 aromatic carbocycles. The molecule has 0 radical (unpaired) electrons. The van der Waals surface area contributed by atoms with Crippen LogP contribution < -0.4 is 5.56 Å². The lowest BCUT2D eigenvalue weighted by atomic mass is 10.2. The number of carbonyl (C=O) groups excluding carboxylic acids is 1. The molecule has 2 heterocycles. The molecule has 9 heteroatoms. The van der Waals surface area contributed by atoms with Crippen molar-refractivity contribution in [2.75, 3.05) is 0 Å². The Morgan fingerprint density at radius 1 is 1.25 bits per heavy atom. The molecule has 0 fully saturated rings. The molecule has 0 bridgehead atoms. The average Bonchev–Trinajstić information content (AvgIpc) is 3.00. The molecule has 2 N–H and O–H groups in total. The number of para-hydroxylation sites is 1. The highest BCUT2D eigenvalue weighted by molar-refractivity contribution is 9.10. The molecular weight excluding hydrogens is 426 g/mol. The maximum absolute atomic E-state index is 12.6. The third kappa shape index (κ3) is 3.09. The van der Waals surface area contributed by atoms with Crippen LogP contribution in [0.1, 0.15) is 13.0 Å². The van der Waals surface area contributed by atoms with E-state index in [2.05, 4.69) is 36.1 Å². The van der Waals surface area contributed by atoms with Crippen LogP contribution >= 0.6 is 15.9 Å². The van der Waals surface area contributed by atoms with Crippen molar-refractivity contribution in [3.05, 3.63) is 63.6 Å². The number of benzene rings is 2. The van der Waals surface area contributed by atoms with Gasteiger partial charge in [-0.15, -0.1) is 10.2 Å². The molecule has 8 nitrogen and oxygen atoms in total. The highest BCUT2D eigenvalue weighted by Gasteiger charge is 2.18. The first-order valence-corrected chi connectivity index (χ1v) is 9.16. The normalized spacial score (nSPS) is 12.8. The molecule has 4 rings (SSSR count). The third-order valence-electron chi connectivity index (χ3n) is 4.43. The Morgan fingerprint density at radius 3 is 2.86 bits per heavy atom. The van der Waals surface area contributed by atoms with Gasteiger partial charge in [-0.1, -0.05) is 28.1 Å². The van der Waals surface area contributed by atoms with E-state index in [0.717, 1.165) is 4.47 Å². The van der Waals surface area contributed by atoms with E-state index in [9.17, 15) is 14.7 Å². The number of hydrogen-bond acceptors (Lipinski definition) is 5. The van der Waals surface area contributed by atoms with Crippen molar-refractivity contribution in [1.82, 2.24) is 14.5 Å². The van der Waals surface area contributed by atoms with E-state index in [1.54, 1.807) is 43.3 Å². The second kappa shape index (κ2) is 7.01. The monoisotopic (exact) mass is 439 g/mol. The Morgan fingerprint density at radius 2 is 2.04 bits per heavy atom. The summed E-state index contributed by atoms with van der Waals surface area (Å²) in [6.45, 7) is 1.55. The van der Waals surface area contributed by atoms with Crippen molar-refractivity contribution in [2.24, 2.45) is 10.2 Å². The standard InChI is InChI=1S/C19H14BrN5O3/c1-10(25-9-21-14-5-3-2-4-12(14)19(25)28)17(26)24-23-16-13-8-11(20)6-7-15(13)22-18(16)27/h2-10,22,27H,1H3/t10-/m1/s1. The van der Waals surface area contributed by atoms with Gasteiger partial charge in [-0.2, -0.15) is 0 Å². The molecule has 0 aliphatic heterocycles. The predicted octanol–water partition coefficient (Wildman–Crippen LogP) is 4.22. The Kier molecular flexibility index (Phi) is 4.52. The van der Waals surface area contributed by atoms with Gasteiger partial charge in [-0.3, -0.25) is 14.2 Å². The zero-order chi connectivity index (χ0) is 19.8. The second-order valence-corrected chi connectivity index (χ2v) is 7.12. The molecule has 0 spiro atoms. The van der Waals surface area contributed by atoms with Gasteiger partial charge in [0, 0.05) is 9.86 Å². The highest BCUT2D eigenvalue weighted by atomic mass is 79.9. The number of hydrogen-bond donors (Lipinski definition) is 2. The van der Waals surface area contributed by atoms with E-state index in [0.29, 0.717) is 21.8 Å². The first kappa shape index (κ1) is 18.1.